The Morgan fingerprint density at radius 2 is 1.94 bits per heavy atom. The highest BCUT2D eigenvalue weighted by Gasteiger charge is 2.21. The molecule has 7 heteroatoms. The van der Waals surface area contributed by atoms with E-state index in [1.807, 2.05) is 54.6 Å². The van der Waals surface area contributed by atoms with Crippen LogP contribution in [0, 0.1) is 0 Å². The molecule has 0 aliphatic carbocycles. The van der Waals surface area contributed by atoms with E-state index in [1.54, 1.807) is 13.3 Å². The quantitative estimate of drug-likeness (QED) is 0.351. The van der Waals surface area contributed by atoms with Gasteiger partial charge in [-0.1, -0.05) is 60.7 Å². The summed E-state index contributed by atoms with van der Waals surface area (Å²) < 4.78 is 5.51. The van der Waals surface area contributed by atoms with Gasteiger partial charge in [0.15, 0.2) is 0 Å². The summed E-state index contributed by atoms with van der Waals surface area (Å²) in [6, 6.07) is 22.3. The van der Waals surface area contributed by atoms with E-state index < -0.39 is 0 Å². The van der Waals surface area contributed by atoms with Crippen molar-refractivity contribution in [3.8, 4) is 5.75 Å². The van der Waals surface area contributed by atoms with E-state index in [0.717, 1.165) is 52.9 Å². The van der Waals surface area contributed by atoms with Crippen LogP contribution in [0.1, 0.15) is 22.4 Å². The Bertz CT molecular complexity index is 1360. The number of H-pyrrole nitrogens is 1. The number of rotatable bonds is 6. The predicted molar refractivity (Wildman–Crippen MR) is 131 cm³/mol. The Morgan fingerprint density at radius 3 is 2.79 bits per heavy atom. The highest BCUT2D eigenvalue weighted by atomic mass is 16.5. The van der Waals surface area contributed by atoms with Gasteiger partial charge in [0.25, 0.3) is 5.56 Å². The van der Waals surface area contributed by atoms with Crippen molar-refractivity contribution in [2.75, 3.05) is 19.1 Å². The predicted octanol–water partition coefficient (Wildman–Crippen LogP) is 3.94. The van der Waals surface area contributed by atoms with E-state index in [-0.39, 0.29) is 5.56 Å². The number of nitrogens with one attached hydrogen (secondary N) is 2. The molecule has 0 unspecified atom stereocenters. The van der Waals surface area contributed by atoms with E-state index in [1.165, 1.54) is 5.56 Å². The molecule has 0 saturated heterocycles. The van der Waals surface area contributed by atoms with E-state index >= 15 is 0 Å². The molecular formula is C26H25N5O2. The van der Waals surface area contributed by atoms with Crippen molar-refractivity contribution in [1.29, 1.82) is 0 Å². The van der Waals surface area contributed by atoms with Gasteiger partial charge in [-0.05, 0) is 22.4 Å². The van der Waals surface area contributed by atoms with Crippen LogP contribution in [0.25, 0.3) is 10.8 Å². The first-order chi connectivity index (χ1) is 16.2. The smallest absolute Gasteiger partial charge is 0.257 e. The zero-order valence-corrected chi connectivity index (χ0v) is 18.4. The fraction of sp³-hybridized carbons (Fsp3) is 0.192. The third-order valence-electron chi connectivity index (χ3n) is 5.91. The van der Waals surface area contributed by atoms with Gasteiger partial charge in [-0.2, -0.15) is 5.10 Å². The Kier molecular flexibility index (Phi) is 5.87. The molecule has 4 aromatic rings. The lowest BCUT2D eigenvalue weighted by molar-refractivity contribution is 0.242. The lowest BCUT2D eigenvalue weighted by Gasteiger charge is -2.27. The van der Waals surface area contributed by atoms with Gasteiger partial charge in [0.2, 0.25) is 5.95 Å². The Morgan fingerprint density at radius 1 is 1.12 bits per heavy atom. The Hall–Kier alpha value is -3.97. The molecular weight excluding hydrogens is 414 g/mol. The second-order valence-electron chi connectivity index (χ2n) is 8.06. The number of methoxy groups -OCH3 is 1. The molecule has 2 N–H and O–H groups in total. The summed E-state index contributed by atoms with van der Waals surface area (Å²) in [6.07, 6.45) is 2.42. The number of ether oxygens (including phenoxy) is 1. The minimum atomic E-state index is -0.127. The number of fused-ring (bicyclic) bond motifs is 2. The number of benzene rings is 3. The first kappa shape index (κ1) is 20.9. The highest BCUT2D eigenvalue weighted by Crippen LogP contribution is 2.26. The summed E-state index contributed by atoms with van der Waals surface area (Å²) in [5.74, 6) is 1.07. The molecule has 0 spiro atoms. The number of aromatic nitrogens is 2. The SMILES string of the molecule is COc1ccc2ccccc2c1/C=N\Nc1nc2c(c(=O)[nH]1)CN(Cc1ccccc1)CC2. The number of anilines is 1. The number of nitrogens with zero attached hydrogens (tertiary/aromatic N) is 3. The number of hydrazone groups is 1. The topological polar surface area (TPSA) is 82.6 Å². The third-order valence-corrected chi connectivity index (χ3v) is 5.91. The Balaban J connectivity index is 1.34. The van der Waals surface area contributed by atoms with E-state index in [9.17, 15) is 4.79 Å². The standard InChI is InChI=1S/C26H25N5O2/c1-33-24-12-11-19-9-5-6-10-20(19)21(24)15-27-30-26-28-23-13-14-31(17-22(23)25(32)29-26)16-18-7-3-2-4-8-18/h2-12,15H,13-14,16-17H2,1H3,(H2,28,29,30,32)/b27-15-. The van der Waals surface area contributed by atoms with Crippen molar-refractivity contribution in [2.45, 2.75) is 19.5 Å². The summed E-state index contributed by atoms with van der Waals surface area (Å²) in [7, 11) is 1.64. The van der Waals surface area contributed by atoms with Crippen molar-refractivity contribution in [3.05, 3.63) is 99.5 Å². The van der Waals surface area contributed by atoms with E-state index in [0.29, 0.717) is 12.5 Å². The zero-order valence-electron chi connectivity index (χ0n) is 18.4. The van der Waals surface area contributed by atoms with Crippen molar-refractivity contribution >= 4 is 22.9 Å². The number of aromatic amines is 1. The second kappa shape index (κ2) is 9.26. The monoisotopic (exact) mass is 439 g/mol. The van der Waals surface area contributed by atoms with Gasteiger partial charge in [0, 0.05) is 31.6 Å². The first-order valence-electron chi connectivity index (χ1n) is 10.9. The largest absolute Gasteiger partial charge is 0.496 e. The Labute approximate surface area is 191 Å². The molecule has 0 saturated carbocycles. The fourth-order valence-electron chi connectivity index (χ4n) is 4.26. The van der Waals surface area contributed by atoms with Crippen LogP contribution in [-0.4, -0.2) is 34.7 Å². The molecule has 0 amide bonds. The van der Waals surface area contributed by atoms with Gasteiger partial charge in [-0.25, -0.2) is 10.4 Å². The number of hydrogen-bond acceptors (Lipinski definition) is 6. The summed E-state index contributed by atoms with van der Waals surface area (Å²) >= 11 is 0. The lowest BCUT2D eigenvalue weighted by atomic mass is 10.0. The highest BCUT2D eigenvalue weighted by molar-refractivity contribution is 6.02. The van der Waals surface area contributed by atoms with Crippen molar-refractivity contribution < 1.29 is 4.74 Å². The molecule has 166 valence electrons. The summed E-state index contributed by atoms with van der Waals surface area (Å²) in [5.41, 5.74) is 6.40. The maximum atomic E-state index is 12.8. The van der Waals surface area contributed by atoms with Crippen LogP contribution < -0.4 is 15.7 Å². The third kappa shape index (κ3) is 4.49. The fourth-order valence-corrected chi connectivity index (χ4v) is 4.26. The molecule has 5 rings (SSSR count). The lowest BCUT2D eigenvalue weighted by Crippen LogP contribution is -2.35. The van der Waals surface area contributed by atoms with Crippen molar-refractivity contribution in [2.24, 2.45) is 5.10 Å². The van der Waals surface area contributed by atoms with Gasteiger partial charge in [-0.3, -0.25) is 14.7 Å². The van der Waals surface area contributed by atoms with Gasteiger partial charge in [0.1, 0.15) is 5.75 Å². The van der Waals surface area contributed by atoms with E-state index in [2.05, 4.69) is 37.5 Å². The molecule has 1 aliphatic heterocycles. The zero-order chi connectivity index (χ0) is 22.6. The summed E-state index contributed by atoms with van der Waals surface area (Å²) in [6.45, 7) is 2.26. The molecule has 0 fully saturated rings. The normalized spacial score (nSPS) is 13.8. The first-order valence-corrected chi connectivity index (χ1v) is 10.9. The van der Waals surface area contributed by atoms with Crippen LogP contribution in [0.5, 0.6) is 5.75 Å². The molecule has 1 aliphatic rings. The van der Waals surface area contributed by atoms with Gasteiger partial charge in [-0.15, -0.1) is 0 Å². The maximum Gasteiger partial charge on any atom is 0.257 e. The van der Waals surface area contributed by atoms with Crippen LogP contribution >= 0.6 is 0 Å². The van der Waals surface area contributed by atoms with Crippen LogP contribution in [0.15, 0.2) is 76.6 Å². The van der Waals surface area contributed by atoms with Crippen LogP contribution in [-0.2, 0) is 19.5 Å². The van der Waals surface area contributed by atoms with Crippen LogP contribution in [0.3, 0.4) is 0 Å². The molecule has 0 atom stereocenters. The van der Waals surface area contributed by atoms with Crippen molar-refractivity contribution in [3.63, 3.8) is 0 Å². The van der Waals surface area contributed by atoms with E-state index in [4.69, 9.17) is 4.74 Å². The van der Waals surface area contributed by atoms with Gasteiger partial charge < -0.3 is 4.74 Å². The second-order valence-corrected chi connectivity index (χ2v) is 8.06. The molecule has 3 aromatic carbocycles. The average molecular weight is 440 g/mol. The molecule has 33 heavy (non-hydrogen) atoms. The average Bonchev–Trinajstić information content (AvgIpc) is 2.85. The number of hydrogen-bond donors (Lipinski definition) is 2. The molecule has 0 bridgehead atoms. The van der Waals surface area contributed by atoms with Crippen molar-refractivity contribution in [1.82, 2.24) is 14.9 Å². The molecule has 7 nitrogen and oxygen atoms in total. The minimum Gasteiger partial charge on any atom is -0.496 e. The van der Waals surface area contributed by atoms with Gasteiger partial charge >= 0.3 is 0 Å². The van der Waals surface area contributed by atoms with Crippen LogP contribution in [0.2, 0.25) is 0 Å². The summed E-state index contributed by atoms with van der Waals surface area (Å²) in [5, 5.41) is 6.47. The molecule has 1 aromatic heterocycles. The van der Waals surface area contributed by atoms with Gasteiger partial charge in [0.05, 0.1) is 24.6 Å². The summed E-state index contributed by atoms with van der Waals surface area (Å²) in [4.78, 5) is 22.5. The maximum absolute atomic E-state index is 12.8. The van der Waals surface area contributed by atoms with Crippen LogP contribution in [0.4, 0.5) is 5.95 Å². The minimum absolute atomic E-state index is 0.127. The molecule has 0 radical (unpaired) electrons. The molecule has 2 heterocycles.